The quantitative estimate of drug-likeness (QED) is 0.251. The predicted molar refractivity (Wildman–Crippen MR) is 165 cm³/mol. The number of quaternary nitrogens is 1. The van der Waals surface area contributed by atoms with Crippen LogP contribution in [0.3, 0.4) is 0 Å². The molecule has 3 aromatic carbocycles. The first-order valence-electron chi connectivity index (χ1n) is 15.1. The van der Waals surface area contributed by atoms with Gasteiger partial charge in [-0.3, -0.25) is 9.59 Å². The van der Waals surface area contributed by atoms with Crippen LogP contribution in [0.5, 0.6) is 11.5 Å². The van der Waals surface area contributed by atoms with Gasteiger partial charge in [-0.05, 0) is 41.8 Å². The van der Waals surface area contributed by atoms with Gasteiger partial charge in [0.1, 0.15) is 30.7 Å². The monoisotopic (exact) mass is 587 g/mol. The molecule has 8 nitrogen and oxygen atoms in total. The highest BCUT2D eigenvalue weighted by atomic mass is 16.5. The number of amides is 1. The average Bonchev–Trinajstić information content (AvgIpc) is 3.49. The Morgan fingerprint density at radius 2 is 1.60 bits per heavy atom. The molecule has 1 N–H and O–H groups in total. The Hall–Kier alpha value is -3.72. The van der Waals surface area contributed by atoms with Crippen molar-refractivity contribution in [1.82, 2.24) is 4.90 Å². The Morgan fingerprint density at radius 1 is 0.953 bits per heavy atom. The van der Waals surface area contributed by atoms with Gasteiger partial charge in [0.25, 0.3) is 5.91 Å². The molecule has 3 aromatic rings. The molecule has 1 aliphatic heterocycles. The Balaban J connectivity index is 1.25. The highest BCUT2D eigenvalue weighted by molar-refractivity contribution is 5.98. The van der Waals surface area contributed by atoms with Crippen molar-refractivity contribution >= 4 is 11.7 Å². The van der Waals surface area contributed by atoms with Gasteiger partial charge in [0.05, 0.1) is 40.5 Å². The maximum Gasteiger partial charge on any atom is 0.254 e. The van der Waals surface area contributed by atoms with Crippen molar-refractivity contribution in [2.24, 2.45) is 0 Å². The van der Waals surface area contributed by atoms with Gasteiger partial charge in [0.15, 0.2) is 5.78 Å². The SMILES string of the molecule is COc1ccc(C[N+](C)(C[C@H](O)CCC(=O)c2ccc(C(=O)N3CCOCC3)cc2)C2Cc3ccccc3C2)c(OC)c1. The smallest absolute Gasteiger partial charge is 0.254 e. The first-order valence-corrected chi connectivity index (χ1v) is 15.1. The summed E-state index contributed by atoms with van der Waals surface area (Å²) in [4.78, 5) is 27.6. The predicted octanol–water partition coefficient (Wildman–Crippen LogP) is 4.31. The van der Waals surface area contributed by atoms with Crippen LogP contribution in [-0.4, -0.2) is 92.4 Å². The Morgan fingerprint density at radius 3 is 2.23 bits per heavy atom. The normalized spacial score (nSPS) is 17.2. The summed E-state index contributed by atoms with van der Waals surface area (Å²) in [6.07, 6.45) is 1.80. The zero-order valence-corrected chi connectivity index (χ0v) is 25.5. The second kappa shape index (κ2) is 13.7. The van der Waals surface area contributed by atoms with Crippen LogP contribution in [0.4, 0.5) is 0 Å². The molecule has 1 amide bonds. The number of hydrogen-bond donors (Lipinski definition) is 1. The van der Waals surface area contributed by atoms with Crippen molar-refractivity contribution in [2.45, 2.75) is 44.4 Å². The third-order valence-corrected chi connectivity index (χ3v) is 9.02. The number of ether oxygens (including phenoxy) is 3. The van der Waals surface area contributed by atoms with Crippen molar-refractivity contribution in [3.8, 4) is 11.5 Å². The minimum atomic E-state index is -0.663. The first kappa shape index (κ1) is 30.7. The van der Waals surface area contributed by atoms with Crippen molar-refractivity contribution in [3.63, 3.8) is 0 Å². The standard InChI is InChI=1S/C35H43N2O6/c1-37(30-20-27-6-4-5-7-28(27)21-30,23-29-12-14-32(41-2)22-34(29)42-3)24-31(38)13-15-33(39)25-8-10-26(11-9-25)35(40)36-16-18-43-19-17-36/h4-12,14,22,30-31,38H,13,15-21,23-24H2,1-3H3/q+1/t31-,37?/m1/s1. The van der Waals surface area contributed by atoms with E-state index < -0.39 is 6.10 Å². The van der Waals surface area contributed by atoms with Crippen molar-refractivity contribution < 1.29 is 33.4 Å². The van der Waals surface area contributed by atoms with Crippen LogP contribution < -0.4 is 9.47 Å². The van der Waals surface area contributed by atoms with E-state index in [-0.39, 0.29) is 24.2 Å². The van der Waals surface area contributed by atoms with Gasteiger partial charge in [-0.25, -0.2) is 0 Å². The number of nitrogens with zero attached hydrogens (tertiary/aromatic N) is 2. The molecule has 1 fully saturated rings. The van der Waals surface area contributed by atoms with Crippen molar-refractivity contribution in [3.05, 3.63) is 94.5 Å². The van der Waals surface area contributed by atoms with Crippen LogP contribution >= 0.6 is 0 Å². The third-order valence-electron chi connectivity index (χ3n) is 9.02. The van der Waals surface area contributed by atoms with Gasteiger partial charge < -0.3 is 28.7 Å². The van der Waals surface area contributed by atoms with E-state index in [0.717, 1.165) is 29.9 Å². The van der Waals surface area contributed by atoms with Crippen LogP contribution in [0.1, 0.15) is 50.2 Å². The van der Waals surface area contributed by atoms with E-state index in [1.165, 1.54) is 11.1 Å². The lowest BCUT2D eigenvalue weighted by atomic mass is 10.0. The van der Waals surface area contributed by atoms with Gasteiger partial charge in [0.2, 0.25) is 0 Å². The molecule has 2 atom stereocenters. The highest BCUT2D eigenvalue weighted by Crippen LogP contribution is 2.34. The number of carbonyl (C=O) groups is 2. The van der Waals surface area contributed by atoms with E-state index >= 15 is 0 Å². The van der Waals surface area contributed by atoms with E-state index in [4.69, 9.17) is 14.2 Å². The minimum absolute atomic E-state index is 0.0382. The summed E-state index contributed by atoms with van der Waals surface area (Å²) in [6.45, 7) is 3.43. The number of likely N-dealkylation sites (N-methyl/N-ethyl adjacent to an activating group) is 1. The molecular weight excluding hydrogens is 544 g/mol. The molecular formula is C35H43N2O6+. The topological polar surface area (TPSA) is 85.3 Å². The van der Waals surface area contributed by atoms with Crippen LogP contribution in [0.25, 0.3) is 0 Å². The number of morpholine rings is 1. The highest BCUT2D eigenvalue weighted by Gasteiger charge is 2.39. The maximum absolute atomic E-state index is 13.1. The van der Waals surface area contributed by atoms with Crippen LogP contribution in [0.15, 0.2) is 66.7 Å². The van der Waals surface area contributed by atoms with E-state index in [2.05, 4.69) is 31.3 Å². The number of fused-ring (bicyclic) bond motifs is 1. The summed E-state index contributed by atoms with van der Waals surface area (Å²) in [7, 11) is 5.51. The number of methoxy groups -OCH3 is 2. The molecule has 1 aliphatic carbocycles. The molecule has 43 heavy (non-hydrogen) atoms. The summed E-state index contributed by atoms with van der Waals surface area (Å²) in [5.74, 6) is 1.42. The summed E-state index contributed by atoms with van der Waals surface area (Å²) in [5.41, 5.74) is 4.89. The van der Waals surface area contributed by atoms with Crippen LogP contribution in [-0.2, 0) is 24.1 Å². The third kappa shape index (κ3) is 7.26. The number of rotatable bonds is 12. The van der Waals surface area contributed by atoms with Gasteiger partial charge in [-0.15, -0.1) is 0 Å². The van der Waals surface area contributed by atoms with Crippen LogP contribution in [0.2, 0.25) is 0 Å². The van der Waals surface area contributed by atoms with E-state index in [0.29, 0.717) is 61.4 Å². The number of benzene rings is 3. The zero-order chi connectivity index (χ0) is 30.4. The number of aliphatic hydroxyl groups excluding tert-OH is 1. The zero-order valence-electron chi connectivity index (χ0n) is 25.5. The first-order chi connectivity index (χ1) is 20.8. The molecule has 0 radical (unpaired) electrons. The van der Waals surface area contributed by atoms with Gasteiger partial charge in [-0.2, -0.15) is 0 Å². The second-order valence-electron chi connectivity index (χ2n) is 11.9. The number of carbonyl (C=O) groups excluding carboxylic acids is 2. The molecule has 1 saturated heterocycles. The van der Waals surface area contributed by atoms with Crippen molar-refractivity contribution in [2.75, 3.05) is 54.1 Å². The van der Waals surface area contributed by atoms with E-state index in [1.807, 2.05) is 18.2 Å². The van der Waals surface area contributed by atoms with E-state index in [9.17, 15) is 14.7 Å². The molecule has 0 spiro atoms. The fourth-order valence-corrected chi connectivity index (χ4v) is 6.45. The van der Waals surface area contributed by atoms with Gasteiger partial charge >= 0.3 is 0 Å². The lowest BCUT2D eigenvalue weighted by molar-refractivity contribution is -0.948. The maximum atomic E-state index is 13.1. The molecule has 5 rings (SSSR count). The van der Waals surface area contributed by atoms with Gasteiger partial charge in [-0.1, -0.05) is 36.4 Å². The van der Waals surface area contributed by atoms with Crippen molar-refractivity contribution in [1.29, 1.82) is 0 Å². The Bertz CT molecular complexity index is 1390. The number of Topliss-reactive ketones (excluding diaryl/α,β-unsaturated/α-hetero) is 1. The second-order valence-corrected chi connectivity index (χ2v) is 11.9. The summed E-state index contributed by atoms with van der Waals surface area (Å²) < 4.78 is 17.1. The Labute approximate surface area is 254 Å². The molecule has 2 aliphatic rings. The molecule has 0 bridgehead atoms. The molecule has 0 saturated carbocycles. The number of ketones is 1. The lowest BCUT2D eigenvalue weighted by Crippen LogP contribution is -2.55. The van der Waals surface area contributed by atoms with Crippen LogP contribution in [0, 0.1) is 0 Å². The van der Waals surface area contributed by atoms with Gasteiger partial charge in [0, 0.05) is 55.1 Å². The fraction of sp³-hybridized carbons (Fsp3) is 0.429. The summed E-state index contributed by atoms with van der Waals surface area (Å²) >= 11 is 0. The minimum Gasteiger partial charge on any atom is -0.497 e. The lowest BCUT2D eigenvalue weighted by Gasteiger charge is -2.42. The number of aliphatic hydroxyl groups is 1. The summed E-state index contributed by atoms with van der Waals surface area (Å²) in [6, 6.07) is 21.6. The molecule has 8 heteroatoms. The molecule has 0 aromatic heterocycles. The largest absolute Gasteiger partial charge is 0.497 e. The molecule has 1 heterocycles. The fourth-order valence-electron chi connectivity index (χ4n) is 6.45. The average molecular weight is 588 g/mol. The molecule has 228 valence electrons. The Kier molecular flexibility index (Phi) is 9.80. The summed E-state index contributed by atoms with van der Waals surface area (Å²) in [5, 5.41) is 11.3. The molecule has 1 unspecified atom stereocenters. The van der Waals surface area contributed by atoms with E-state index in [1.54, 1.807) is 43.4 Å². The number of hydrogen-bond acceptors (Lipinski definition) is 6.